The number of isothiocyanates is 1. The van der Waals surface area contributed by atoms with Crippen LogP contribution in [0.15, 0.2) is 4.99 Å². The lowest BCUT2D eigenvalue weighted by molar-refractivity contribution is 0.251. The van der Waals surface area contributed by atoms with Crippen LogP contribution >= 0.6 is 22.5 Å². The zero-order chi connectivity index (χ0) is 15.8. The van der Waals surface area contributed by atoms with Crippen molar-refractivity contribution in [2.24, 2.45) is 4.99 Å². The zero-order valence-corrected chi connectivity index (χ0v) is 15.9. The summed E-state index contributed by atoms with van der Waals surface area (Å²) >= 11 is 4.65. The Morgan fingerprint density at radius 2 is 1.95 bits per heavy atom. The average Bonchev–Trinajstić information content (AvgIpc) is 2.78. The van der Waals surface area contributed by atoms with Crippen LogP contribution in [0.4, 0.5) is 0 Å². The van der Waals surface area contributed by atoms with Gasteiger partial charge in [-0.1, -0.05) is 34.6 Å². The van der Waals surface area contributed by atoms with Crippen LogP contribution in [0.2, 0.25) is 0 Å². The first-order valence-corrected chi connectivity index (χ1v) is 10.2. The molecule has 0 radical (unpaired) electrons. The monoisotopic (exact) mass is 320 g/mol. The predicted octanol–water partition coefficient (Wildman–Crippen LogP) is 3.98. The molecule has 1 rings (SSSR count). The second-order valence-electron chi connectivity index (χ2n) is 6.13. The summed E-state index contributed by atoms with van der Waals surface area (Å²) in [5.41, 5.74) is 0. The molecule has 0 aliphatic carbocycles. The lowest BCUT2D eigenvalue weighted by Crippen LogP contribution is -2.30. The summed E-state index contributed by atoms with van der Waals surface area (Å²) < 4.78 is 6.36. The van der Waals surface area contributed by atoms with E-state index in [9.17, 15) is 0 Å². The largest absolute Gasteiger partial charge is 0.335 e. The Morgan fingerprint density at radius 1 is 1.35 bits per heavy atom. The van der Waals surface area contributed by atoms with Crippen molar-refractivity contribution in [1.82, 2.24) is 4.90 Å². The molecule has 1 atom stereocenters. The number of aliphatic imine (C=N–C) groups is 1. The van der Waals surface area contributed by atoms with Gasteiger partial charge in [-0.25, -0.2) is 4.99 Å². The van der Waals surface area contributed by atoms with Gasteiger partial charge in [0.15, 0.2) is 0 Å². The molecule has 0 aromatic heterocycles. The summed E-state index contributed by atoms with van der Waals surface area (Å²) in [4.78, 5) is 6.56. The van der Waals surface area contributed by atoms with Gasteiger partial charge in [0.2, 0.25) is 0 Å². The van der Waals surface area contributed by atoms with Crippen LogP contribution in [0.3, 0.4) is 0 Å². The van der Waals surface area contributed by atoms with Gasteiger partial charge in [0.05, 0.1) is 17.8 Å². The molecular weight excluding hydrogens is 288 g/mol. The molecule has 0 aromatic carbocycles. The van der Waals surface area contributed by atoms with E-state index < -0.39 is 10.3 Å². The van der Waals surface area contributed by atoms with Crippen LogP contribution in [-0.4, -0.2) is 59.6 Å². The van der Waals surface area contributed by atoms with Gasteiger partial charge in [0.1, 0.15) is 0 Å². The third-order valence-electron chi connectivity index (χ3n) is 3.74. The Labute approximate surface area is 132 Å². The predicted molar refractivity (Wildman–Crippen MR) is 96.4 cm³/mol. The molecule has 1 saturated heterocycles. The molecule has 5 heteroatoms. The molecule has 0 N–H and O–H groups in total. The molecule has 0 amide bonds. The van der Waals surface area contributed by atoms with Crippen molar-refractivity contribution in [1.29, 1.82) is 0 Å². The Kier molecular flexibility index (Phi) is 9.19. The maximum absolute atomic E-state index is 6.13. The van der Waals surface area contributed by atoms with Crippen molar-refractivity contribution in [3.63, 3.8) is 0 Å². The van der Waals surface area contributed by atoms with E-state index in [2.05, 4.69) is 60.6 Å². The molecule has 0 saturated carbocycles. The Bertz CT molecular complexity index is 320. The second kappa shape index (κ2) is 9.16. The highest BCUT2D eigenvalue weighted by atomic mass is 32.3. The first kappa shape index (κ1) is 20.1. The third-order valence-corrected chi connectivity index (χ3v) is 7.55. The van der Waals surface area contributed by atoms with E-state index in [4.69, 9.17) is 4.18 Å². The SMILES string of the molecule is CC.CC(C)(C)S(C)(C)OCCN1CCC(N=C=S)C1. The Balaban J connectivity index is 0.00000172. The van der Waals surface area contributed by atoms with Gasteiger partial charge >= 0.3 is 0 Å². The van der Waals surface area contributed by atoms with Crippen molar-refractivity contribution in [3.05, 3.63) is 0 Å². The van der Waals surface area contributed by atoms with E-state index in [0.717, 1.165) is 32.7 Å². The summed E-state index contributed by atoms with van der Waals surface area (Å²) in [6, 6.07) is 0.352. The van der Waals surface area contributed by atoms with E-state index in [1.807, 2.05) is 13.8 Å². The summed E-state index contributed by atoms with van der Waals surface area (Å²) in [5.74, 6) is 0. The molecule has 0 aromatic rings. The molecular formula is C15H32N2OS2. The van der Waals surface area contributed by atoms with Crippen LogP contribution in [0.25, 0.3) is 0 Å². The van der Waals surface area contributed by atoms with Crippen molar-refractivity contribution in [2.45, 2.75) is 51.8 Å². The maximum atomic E-state index is 6.13. The maximum Gasteiger partial charge on any atom is 0.0741 e. The molecule has 1 fully saturated rings. The van der Waals surface area contributed by atoms with E-state index >= 15 is 0 Å². The van der Waals surface area contributed by atoms with Crippen LogP contribution in [0.1, 0.15) is 41.0 Å². The zero-order valence-electron chi connectivity index (χ0n) is 14.2. The molecule has 120 valence electrons. The number of thiocarbonyl (C=S) groups is 1. The molecule has 0 bridgehead atoms. The van der Waals surface area contributed by atoms with Gasteiger partial charge in [0, 0.05) is 24.4 Å². The Hall–Kier alpha value is 0.0700. The normalized spacial score (nSPS) is 20.9. The van der Waals surface area contributed by atoms with Gasteiger partial charge < -0.3 is 4.18 Å². The lowest BCUT2D eigenvalue weighted by Gasteiger charge is -2.44. The van der Waals surface area contributed by atoms with E-state index in [1.54, 1.807) is 0 Å². The smallest absolute Gasteiger partial charge is 0.0741 e. The fourth-order valence-corrected chi connectivity index (χ4v) is 2.74. The third kappa shape index (κ3) is 6.68. The summed E-state index contributed by atoms with van der Waals surface area (Å²) in [6.07, 6.45) is 5.59. The minimum absolute atomic E-state index is 0.238. The van der Waals surface area contributed by atoms with Crippen LogP contribution in [0, 0.1) is 0 Å². The van der Waals surface area contributed by atoms with E-state index in [1.165, 1.54) is 0 Å². The number of nitrogens with zero attached hydrogens (tertiary/aromatic N) is 2. The van der Waals surface area contributed by atoms with Crippen molar-refractivity contribution >= 4 is 27.7 Å². The fourth-order valence-electron chi connectivity index (χ4n) is 1.75. The van der Waals surface area contributed by atoms with Gasteiger partial charge in [0.25, 0.3) is 0 Å². The topological polar surface area (TPSA) is 24.8 Å². The van der Waals surface area contributed by atoms with Crippen molar-refractivity contribution in [3.8, 4) is 0 Å². The van der Waals surface area contributed by atoms with Gasteiger partial charge in [-0.3, -0.25) is 4.90 Å². The summed E-state index contributed by atoms with van der Waals surface area (Å²) in [7, 11) is -0.992. The fraction of sp³-hybridized carbons (Fsp3) is 0.933. The molecule has 0 spiro atoms. The quantitative estimate of drug-likeness (QED) is 0.566. The minimum atomic E-state index is -0.992. The van der Waals surface area contributed by atoms with Gasteiger partial charge in [-0.2, -0.15) is 0 Å². The number of hydrogen-bond acceptors (Lipinski definition) is 4. The minimum Gasteiger partial charge on any atom is -0.335 e. The first-order chi connectivity index (χ1) is 9.26. The molecule has 20 heavy (non-hydrogen) atoms. The average molecular weight is 321 g/mol. The lowest BCUT2D eigenvalue weighted by atomic mass is 10.3. The van der Waals surface area contributed by atoms with Crippen molar-refractivity contribution in [2.75, 3.05) is 38.8 Å². The van der Waals surface area contributed by atoms with Gasteiger partial charge in [-0.05, 0) is 31.2 Å². The van der Waals surface area contributed by atoms with Crippen LogP contribution < -0.4 is 0 Å². The highest BCUT2D eigenvalue weighted by Crippen LogP contribution is 2.53. The van der Waals surface area contributed by atoms with Crippen LogP contribution in [-0.2, 0) is 4.18 Å². The van der Waals surface area contributed by atoms with Crippen molar-refractivity contribution < 1.29 is 4.18 Å². The Morgan fingerprint density at radius 3 is 2.45 bits per heavy atom. The molecule has 1 aliphatic heterocycles. The molecule has 1 aliphatic rings. The first-order valence-electron chi connectivity index (χ1n) is 7.43. The number of hydrogen-bond donors (Lipinski definition) is 0. The number of rotatable bonds is 5. The number of likely N-dealkylation sites (tertiary alicyclic amines) is 1. The summed E-state index contributed by atoms with van der Waals surface area (Å²) in [5, 5.41) is 2.48. The highest BCUT2D eigenvalue weighted by Gasteiger charge is 2.29. The summed E-state index contributed by atoms with van der Waals surface area (Å²) in [6.45, 7) is 14.7. The second-order valence-corrected chi connectivity index (χ2v) is 10.2. The highest BCUT2D eigenvalue weighted by molar-refractivity contribution is 8.29. The van der Waals surface area contributed by atoms with Gasteiger partial charge in [-0.15, -0.1) is 10.3 Å². The molecule has 1 heterocycles. The van der Waals surface area contributed by atoms with Crippen LogP contribution in [0.5, 0.6) is 0 Å². The van der Waals surface area contributed by atoms with E-state index in [0.29, 0.717) is 6.04 Å². The molecule has 1 unspecified atom stereocenters. The molecule has 3 nitrogen and oxygen atoms in total. The standard InChI is InChI=1S/C13H26N2OS2.C2H6/c1-13(2,3)18(4,5)16-9-8-15-7-6-12(10-15)14-11-17;1-2/h12H,6-10H2,1-5H3;1-2H3. The van der Waals surface area contributed by atoms with E-state index in [-0.39, 0.29) is 4.75 Å².